The van der Waals surface area contributed by atoms with Crippen LogP contribution in [-0.4, -0.2) is 68.5 Å². The molecule has 0 saturated carbocycles. The van der Waals surface area contributed by atoms with Gasteiger partial charge in [-0.05, 0) is 83.5 Å². The van der Waals surface area contributed by atoms with Crippen molar-refractivity contribution in [3.8, 4) is 0 Å². The minimum absolute atomic E-state index is 0.00713. The number of aliphatic hydroxyl groups excluding tert-OH is 1. The number of amides is 1. The van der Waals surface area contributed by atoms with E-state index in [1.165, 1.54) is 238 Å². The largest absolute Gasteiger partial charge is 0.756 e. The summed E-state index contributed by atoms with van der Waals surface area (Å²) in [7, 11) is 1.25. The van der Waals surface area contributed by atoms with E-state index in [1.54, 1.807) is 6.08 Å². The van der Waals surface area contributed by atoms with Crippen LogP contribution in [0.4, 0.5) is 0 Å². The second-order valence-electron chi connectivity index (χ2n) is 25.9. The molecule has 2 N–H and O–H groups in total. The Kier molecular flexibility index (Phi) is 64.8. The van der Waals surface area contributed by atoms with Gasteiger partial charge in [0.15, 0.2) is 0 Å². The molecule has 86 heavy (non-hydrogen) atoms. The van der Waals surface area contributed by atoms with Gasteiger partial charge in [-0.2, -0.15) is 0 Å². The number of allylic oxidation sites excluding steroid dienone is 15. The summed E-state index contributed by atoms with van der Waals surface area (Å²) < 4.78 is 23.4. The smallest absolute Gasteiger partial charge is 0.268 e. The summed E-state index contributed by atoms with van der Waals surface area (Å²) in [6.45, 7) is 4.55. The Morgan fingerprint density at radius 3 is 1.08 bits per heavy atom. The van der Waals surface area contributed by atoms with E-state index in [0.29, 0.717) is 17.4 Å². The zero-order valence-corrected chi connectivity index (χ0v) is 58.1. The Bertz CT molecular complexity index is 1730. The van der Waals surface area contributed by atoms with Crippen LogP contribution in [0, 0.1) is 0 Å². The van der Waals surface area contributed by atoms with Crippen LogP contribution in [-0.2, 0) is 18.4 Å². The lowest BCUT2D eigenvalue weighted by Crippen LogP contribution is -2.45. The monoisotopic (exact) mass is 1220 g/mol. The fourth-order valence-electron chi connectivity index (χ4n) is 10.6. The molecule has 3 unspecified atom stereocenters. The molecule has 1 amide bonds. The molecule has 8 nitrogen and oxygen atoms in total. The molecular formula is C77H141N2O6P. The van der Waals surface area contributed by atoms with Crippen LogP contribution in [0.2, 0.25) is 0 Å². The molecule has 0 fully saturated rings. The van der Waals surface area contributed by atoms with Crippen LogP contribution in [0.5, 0.6) is 0 Å². The first-order valence-electron chi connectivity index (χ1n) is 36.6. The maximum atomic E-state index is 13.0. The van der Waals surface area contributed by atoms with E-state index in [9.17, 15) is 19.4 Å². The summed E-state index contributed by atoms with van der Waals surface area (Å²) in [6.07, 6.45) is 96.9. The van der Waals surface area contributed by atoms with Gasteiger partial charge in [0.2, 0.25) is 5.91 Å². The van der Waals surface area contributed by atoms with Crippen LogP contribution in [0.3, 0.4) is 0 Å². The highest BCUT2D eigenvalue weighted by Crippen LogP contribution is 2.38. The number of phosphoric ester groups is 1. The number of phosphoric acid groups is 1. The third-order valence-corrected chi connectivity index (χ3v) is 17.2. The number of nitrogens with zero attached hydrogens (tertiary/aromatic N) is 1. The van der Waals surface area contributed by atoms with Crippen molar-refractivity contribution in [2.75, 3.05) is 40.9 Å². The average molecular weight is 1220 g/mol. The average Bonchev–Trinajstić information content (AvgIpc) is 3.70. The number of rotatable bonds is 67. The van der Waals surface area contributed by atoms with Gasteiger partial charge >= 0.3 is 0 Å². The lowest BCUT2D eigenvalue weighted by molar-refractivity contribution is -0.870. The Labute approximate surface area is 534 Å². The Hall–Kier alpha value is -2.58. The summed E-state index contributed by atoms with van der Waals surface area (Å²) in [4.78, 5) is 25.6. The molecule has 0 radical (unpaired) electrons. The number of unbranched alkanes of at least 4 members (excludes halogenated alkanes) is 40. The molecule has 500 valence electrons. The van der Waals surface area contributed by atoms with Crippen molar-refractivity contribution in [3.05, 3.63) is 97.2 Å². The normalized spacial score (nSPS) is 14.2. The third kappa shape index (κ3) is 68.9. The number of nitrogens with one attached hydrogen (secondary N) is 1. The third-order valence-electron chi connectivity index (χ3n) is 16.3. The van der Waals surface area contributed by atoms with Crippen molar-refractivity contribution < 1.29 is 32.9 Å². The van der Waals surface area contributed by atoms with E-state index in [1.807, 2.05) is 27.2 Å². The molecule has 0 aliphatic heterocycles. The van der Waals surface area contributed by atoms with Crippen LogP contribution in [0.1, 0.15) is 335 Å². The molecule has 0 aliphatic carbocycles. The highest BCUT2D eigenvalue weighted by Gasteiger charge is 2.23. The Balaban J connectivity index is 3.99. The predicted octanol–water partition coefficient (Wildman–Crippen LogP) is 23.0. The highest BCUT2D eigenvalue weighted by molar-refractivity contribution is 7.45. The highest BCUT2D eigenvalue weighted by atomic mass is 31.2. The lowest BCUT2D eigenvalue weighted by Gasteiger charge is -2.29. The number of hydrogen-bond donors (Lipinski definition) is 2. The van der Waals surface area contributed by atoms with Crippen LogP contribution < -0.4 is 10.2 Å². The fourth-order valence-corrected chi connectivity index (χ4v) is 11.4. The zero-order chi connectivity index (χ0) is 62.6. The summed E-state index contributed by atoms with van der Waals surface area (Å²) in [5.74, 6) is -0.203. The van der Waals surface area contributed by atoms with Crippen molar-refractivity contribution in [2.24, 2.45) is 0 Å². The zero-order valence-electron chi connectivity index (χ0n) is 57.3. The second-order valence-corrected chi connectivity index (χ2v) is 27.3. The van der Waals surface area contributed by atoms with E-state index >= 15 is 0 Å². The molecule has 0 bridgehead atoms. The Morgan fingerprint density at radius 1 is 0.419 bits per heavy atom. The van der Waals surface area contributed by atoms with Gasteiger partial charge in [0.1, 0.15) is 13.2 Å². The first kappa shape index (κ1) is 83.4. The molecular weight excluding hydrogens is 1080 g/mol. The van der Waals surface area contributed by atoms with E-state index < -0.39 is 26.6 Å². The molecule has 0 aromatic rings. The molecule has 0 saturated heterocycles. The van der Waals surface area contributed by atoms with Crippen molar-refractivity contribution in [1.82, 2.24) is 5.32 Å². The van der Waals surface area contributed by atoms with Gasteiger partial charge in [-0.15, -0.1) is 0 Å². The van der Waals surface area contributed by atoms with Crippen molar-refractivity contribution in [2.45, 2.75) is 347 Å². The molecule has 0 rings (SSSR count). The van der Waals surface area contributed by atoms with Gasteiger partial charge in [-0.1, -0.05) is 342 Å². The van der Waals surface area contributed by atoms with Crippen LogP contribution >= 0.6 is 7.82 Å². The number of aliphatic hydroxyl groups is 1. The summed E-state index contributed by atoms with van der Waals surface area (Å²) in [5.41, 5.74) is 0. The fraction of sp³-hybridized carbons (Fsp3) is 0.779. The van der Waals surface area contributed by atoms with E-state index in [0.717, 1.165) is 77.0 Å². The van der Waals surface area contributed by atoms with Gasteiger partial charge in [0.05, 0.1) is 39.9 Å². The first-order chi connectivity index (χ1) is 42.0. The number of hydrogen-bond acceptors (Lipinski definition) is 6. The molecule has 0 aromatic carbocycles. The second kappa shape index (κ2) is 66.8. The van der Waals surface area contributed by atoms with Gasteiger partial charge < -0.3 is 28.8 Å². The first-order valence-corrected chi connectivity index (χ1v) is 38.1. The van der Waals surface area contributed by atoms with E-state index in [4.69, 9.17) is 9.05 Å². The van der Waals surface area contributed by atoms with Gasteiger partial charge in [0, 0.05) is 6.42 Å². The molecule has 9 heteroatoms. The topological polar surface area (TPSA) is 108 Å². The minimum atomic E-state index is -4.61. The van der Waals surface area contributed by atoms with Crippen molar-refractivity contribution >= 4 is 13.7 Å². The lowest BCUT2D eigenvalue weighted by atomic mass is 10.0. The van der Waals surface area contributed by atoms with Crippen molar-refractivity contribution in [3.63, 3.8) is 0 Å². The van der Waals surface area contributed by atoms with Gasteiger partial charge in [-0.3, -0.25) is 9.36 Å². The minimum Gasteiger partial charge on any atom is -0.756 e. The number of quaternary nitrogens is 1. The van der Waals surface area contributed by atoms with Crippen LogP contribution in [0.15, 0.2) is 97.2 Å². The maximum absolute atomic E-state index is 13.0. The quantitative estimate of drug-likeness (QED) is 0.0272. The number of carbonyl (C=O) groups is 1. The van der Waals surface area contributed by atoms with E-state index in [-0.39, 0.29) is 12.5 Å². The summed E-state index contributed by atoms with van der Waals surface area (Å²) in [6, 6.07) is -0.907. The van der Waals surface area contributed by atoms with E-state index in [2.05, 4.69) is 104 Å². The van der Waals surface area contributed by atoms with Gasteiger partial charge in [-0.25, -0.2) is 0 Å². The molecule has 0 aromatic heterocycles. The summed E-state index contributed by atoms with van der Waals surface area (Å²) >= 11 is 0. The Morgan fingerprint density at radius 2 is 0.721 bits per heavy atom. The molecule has 0 heterocycles. The number of carbonyl (C=O) groups excluding carboxylic acids is 1. The van der Waals surface area contributed by atoms with Gasteiger partial charge in [0.25, 0.3) is 7.82 Å². The van der Waals surface area contributed by atoms with Crippen molar-refractivity contribution in [1.29, 1.82) is 0 Å². The SMILES string of the molecule is CC/C=C\C/C=C\C/C=C\C/C=C\C/C=C\C/C=C\CCCCCCCCCCCCCCCCCCCCCCCCC(=O)NC(COP(=O)([O-])OCC[N+](C)(C)C)C(O)/C=C/CC/C=C/CCCCCCCCCCCCCCCCCCC. The molecule has 0 aliphatic rings. The predicted molar refractivity (Wildman–Crippen MR) is 376 cm³/mol. The molecule has 3 atom stereocenters. The molecule has 0 spiro atoms. The standard InChI is InChI=1S/C77H141N2O6P/c1-6-8-10-12-14-16-18-20-22-24-26-28-30-31-32-33-34-35-36-37-38-39-40-41-42-43-44-45-46-47-49-51-53-55-57-59-61-63-65-67-69-71-77(81)78-75(74-85-86(82,83)84-73-72-79(3,4)5)76(80)70-68-66-64-62-60-58-56-54-52-50-48-29-27-25-23-21-19-17-15-13-11-9-7-2/h8,10,14,16,20,22,26,28,31-32,34-35,60,62,68,70,75-76,80H,6-7,9,11-13,15,17-19,21,23-25,27,29-30,33,36-59,61,63-67,69,71-74H2,1-5H3,(H-,78,81,82,83)/b10-8-,16-14-,22-20-,28-26-,32-31-,35-34-,62-60+,70-68+. The van der Waals surface area contributed by atoms with Crippen LogP contribution in [0.25, 0.3) is 0 Å². The number of likely N-dealkylation sites (N-methyl/N-ethyl adjacent to an activating group) is 1. The maximum Gasteiger partial charge on any atom is 0.268 e. The summed E-state index contributed by atoms with van der Waals surface area (Å²) in [5, 5.41) is 13.9.